The van der Waals surface area contributed by atoms with E-state index in [0.717, 1.165) is 12.1 Å². The highest BCUT2D eigenvalue weighted by molar-refractivity contribution is 5.76. The van der Waals surface area contributed by atoms with Crippen LogP contribution in [0, 0.1) is 10.1 Å². The summed E-state index contributed by atoms with van der Waals surface area (Å²) in [5, 5.41) is 13.9. The molecule has 0 fully saturated rings. The normalized spacial score (nSPS) is 10.8. The van der Waals surface area contributed by atoms with Gasteiger partial charge < -0.3 is 9.73 Å². The van der Waals surface area contributed by atoms with Crippen molar-refractivity contribution in [3.8, 4) is 0 Å². The van der Waals surface area contributed by atoms with Crippen LogP contribution in [-0.2, 0) is 6.54 Å². The highest BCUT2D eigenvalue weighted by Gasteiger charge is 2.14. The van der Waals surface area contributed by atoms with Crippen molar-refractivity contribution in [2.45, 2.75) is 13.5 Å². The smallest absolute Gasteiger partial charge is 0.408 e. The summed E-state index contributed by atoms with van der Waals surface area (Å²) in [4.78, 5) is 22.1. The topological polar surface area (TPSA) is 90.3 Å². The molecular formula is C13H15N3O4. The number of oxazole rings is 1. The summed E-state index contributed by atoms with van der Waals surface area (Å²) in [6.45, 7) is 7.48. The van der Waals surface area contributed by atoms with Crippen LogP contribution >= 0.6 is 0 Å². The van der Waals surface area contributed by atoms with Gasteiger partial charge in [-0.1, -0.05) is 13.5 Å². The lowest BCUT2D eigenvalue weighted by atomic mass is 10.2. The molecular weight excluding hydrogens is 262 g/mol. The SMILES string of the molecule is C=C(CNCC)Cn1c(=O)oc2ccc([N+](=O)[O-])cc21. The predicted molar refractivity (Wildman–Crippen MR) is 74.8 cm³/mol. The van der Waals surface area contributed by atoms with E-state index in [-0.39, 0.29) is 12.2 Å². The number of nitro benzene ring substituents is 1. The number of nitrogens with one attached hydrogen (secondary N) is 1. The predicted octanol–water partition coefficient (Wildman–Crippen LogP) is 1.67. The zero-order valence-corrected chi connectivity index (χ0v) is 11.1. The molecule has 0 amide bonds. The van der Waals surface area contributed by atoms with Gasteiger partial charge in [-0.25, -0.2) is 4.79 Å². The van der Waals surface area contributed by atoms with Crippen LogP contribution in [0.25, 0.3) is 11.1 Å². The molecule has 20 heavy (non-hydrogen) atoms. The van der Waals surface area contributed by atoms with Crippen molar-refractivity contribution in [2.75, 3.05) is 13.1 Å². The summed E-state index contributed by atoms with van der Waals surface area (Å²) in [7, 11) is 0. The number of rotatable bonds is 6. The Kier molecular flexibility index (Phi) is 3.99. The largest absolute Gasteiger partial charge is 0.420 e. The fourth-order valence-electron chi connectivity index (χ4n) is 1.90. The Morgan fingerprint density at radius 1 is 1.55 bits per heavy atom. The number of nitro groups is 1. The van der Waals surface area contributed by atoms with Crippen molar-refractivity contribution in [1.29, 1.82) is 0 Å². The van der Waals surface area contributed by atoms with Crippen LogP contribution in [0.5, 0.6) is 0 Å². The summed E-state index contributed by atoms with van der Waals surface area (Å²) in [6.07, 6.45) is 0. The fourth-order valence-corrected chi connectivity index (χ4v) is 1.90. The zero-order valence-electron chi connectivity index (χ0n) is 11.1. The Morgan fingerprint density at radius 3 is 2.95 bits per heavy atom. The van der Waals surface area contributed by atoms with Gasteiger partial charge in [-0.2, -0.15) is 0 Å². The third-order valence-electron chi connectivity index (χ3n) is 2.87. The first-order valence-corrected chi connectivity index (χ1v) is 6.18. The monoisotopic (exact) mass is 277 g/mol. The minimum Gasteiger partial charge on any atom is -0.408 e. The molecule has 7 heteroatoms. The van der Waals surface area contributed by atoms with E-state index >= 15 is 0 Å². The quantitative estimate of drug-likeness (QED) is 0.492. The summed E-state index contributed by atoms with van der Waals surface area (Å²) in [6, 6.07) is 4.07. The van der Waals surface area contributed by atoms with Gasteiger partial charge in [0.1, 0.15) is 0 Å². The number of nitrogens with zero attached hydrogens (tertiary/aromatic N) is 2. The van der Waals surface area contributed by atoms with Crippen molar-refractivity contribution in [3.05, 3.63) is 51.0 Å². The molecule has 0 bridgehead atoms. The summed E-state index contributed by atoms with van der Waals surface area (Å²) in [5.74, 6) is -0.543. The number of hydrogen-bond acceptors (Lipinski definition) is 5. The molecule has 0 radical (unpaired) electrons. The van der Waals surface area contributed by atoms with Gasteiger partial charge in [0.2, 0.25) is 0 Å². The lowest BCUT2D eigenvalue weighted by Crippen LogP contribution is -2.22. The standard InChI is InChI=1S/C13H15N3O4/c1-3-14-7-9(2)8-15-11-6-10(16(18)19)4-5-12(11)20-13(15)17/h4-6,14H,2-3,7-8H2,1H3. The minimum atomic E-state index is -0.543. The van der Waals surface area contributed by atoms with E-state index in [4.69, 9.17) is 4.42 Å². The second kappa shape index (κ2) is 5.70. The van der Waals surface area contributed by atoms with Crippen LogP contribution in [0.2, 0.25) is 0 Å². The molecule has 0 aliphatic rings. The minimum absolute atomic E-state index is 0.0793. The van der Waals surface area contributed by atoms with E-state index in [1.165, 1.54) is 22.8 Å². The van der Waals surface area contributed by atoms with Crippen molar-refractivity contribution < 1.29 is 9.34 Å². The molecule has 0 saturated heterocycles. The Morgan fingerprint density at radius 2 is 2.30 bits per heavy atom. The Bertz CT molecular complexity index is 714. The van der Waals surface area contributed by atoms with Crippen molar-refractivity contribution in [1.82, 2.24) is 9.88 Å². The molecule has 2 rings (SSSR count). The summed E-state index contributed by atoms with van der Waals surface area (Å²) in [5.41, 5.74) is 1.45. The van der Waals surface area contributed by atoms with E-state index in [1.807, 2.05) is 6.92 Å². The van der Waals surface area contributed by atoms with E-state index in [9.17, 15) is 14.9 Å². The van der Waals surface area contributed by atoms with Gasteiger partial charge in [0.25, 0.3) is 5.69 Å². The summed E-state index contributed by atoms with van der Waals surface area (Å²) >= 11 is 0. The average molecular weight is 277 g/mol. The summed E-state index contributed by atoms with van der Waals surface area (Å²) < 4.78 is 6.41. The van der Waals surface area contributed by atoms with Crippen LogP contribution in [-0.4, -0.2) is 22.6 Å². The Hall–Kier alpha value is -2.41. The number of hydrogen-bond donors (Lipinski definition) is 1. The number of benzene rings is 1. The molecule has 0 unspecified atom stereocenters. The highest BCUT2D eigenvalue weighted by Crippen LogP contribution is 2.20. The molecule has 1 aromatic carbocycles. The van der Waals surface area contributed by atoms with Crippen LogP contribution < -0.4 is 11.1 Å². The first kappa shape index (κ1) is 14.0. The highest BCUT2D eigenvalue weighted by atomic mass is 16.6. The molecule has 1 heterocycles. The molecule has 0 aliphatic heterocycles. The number of non-ortho nitro benzene ring substituents is 1. The first-order chi connectivity index (χ1) is 9.52. The molecule has 7 nitrogen and oxygen atoms in total. The molecule has 1 N–H and O–H groups in total. The van der Waals surface area contributed by atoms with Crippen molar-refractivity contribution in [3.63, 3.8) is 0 Å². The van der Waals surface area contributed by atoms with Gasteiger partial charge in [0.15, 0.2) is 5.58 Å². The van der Waals surface area contributed by atoms with E-state index in [1.54, 1.807) is 0 Å². The average Bonchev–Trinajstić information content (AvgIpc) is 2.72. The number of likely N-dealkylation sites (N-methyl/N-ethyl adjacent to an activating group) is 1. The van der Waals surface area contributed by atoms with Crippen molar-refractivity contribution >= 4 is 16.8 Å². The maximum Gasteiger partial charge on any atom is 0.420 e. The molecule has 2 aromatic rings. The van der Waals surface area contributed by atoms with Crippen LogP contribution in [0.4, 0.5) is 5.69 Å². The number of aromatic nitrogens is 1. The first-order valence-electron chi connectivity index (χ1n) is 6.18. The lowest BCUT2D eigenvalue weighted by molar-refractivity contribution is -0.384. The van der Waals surface area contributed by atoms with Gasteiger partial charge in [-0.05, 0) is 18.2 Å². The third kappa shape index (κ3) is 2.77. The molecule has 1 aromatic heterocycles. The van der Waals surface area contributed by atoms with Crippen LogP contribution in [0.15, 0.2) is 39.6 Å². The Balaban J connectivity index is 2.38. The maximum atomic E-state index is 11.8. The van der Waals surface area contributed by atoms with E-state index in [0.29, 0.717) is 17.6 Å². The van der Waals surface area contributed by atoms with Crippen LogP contribution in [0.3, 0.4) is 0 Å². The van der Waals surface area contributed by atoms with Gasteiger partial charge in [-0.15, -0.1) is 0 Å². The lowest BCUT2D eigenvalue weighted by Gasteiger charge is -2.06. The second-order valence-corrected chi connectivity index (χ2v) is 4.39. The fraction of sp³-hybridized carbons (Fsp3) is 0.308. The molecule has 0 atom stereocenters. The number of fused-ring (bicyclic) bond motifs is 1. The van der Waals surface area contributed by atoms with Gasteiger partial charge in [0, 0.05) is 18.7 Å². The van der Waals surface area contributed by atoms with Crippen molar-refractivity contribution in [2.24, 2.45) is 0 Å². The third-order valence-corrected chi connectivity index (χ3v) is 2.87. The Labute approximate surface area is 114 Å². The van der Waals surface area contributed by atoms with Crippen LogP contribution in [0.1, 0.15) is 6.92 Å². The van der Waals surface area contributed by atoms with Gasteiger partial charge >= 0.3 is 5.76 Å². The molecule has 0 spiro atoms. The molecule has 106 valence electrons. The van der Waals surface area contributed by atoms with E-state index < -0.39 is 10.7 Å². The van der Waals surface area contributed by atoms with E-state index in [2.05, 4.69) is 11.9 Å². The van der Waals surface area contributed by atoms with Gasteiger partial charge in [0.05, 0.1) is 17.0 Å². The zero-order chi connectivity index (χ0) is 14.7. The van der Waals surface area contributed by atoms with Gasteiger partial charge in [-0.3, -0.25) is 14.7 Å². The molecule has 0 aliphatic carbocycles. The second-order valence-electron chi connectivity index (χ2n) is 4.39. The maximum absolute atomic E-state index is 11.8. The molecule has 0 saturated carbocycles.